The first kappa shape index (κ1) is 27.8. The first-order chi connectivity index (χ1) is 20.8. The number of aryl methyl sites for hydroxylation is 1. The number of hydrogen-bond donors (Lipinski definition) is 1. The predicted molar refractivity (Wildman–Crippen MR) is 152 cm³/mol. The van der Waals surface area contributed by atoms with Gasteiger partial charge in [-0.25, -0.2) is 24.6 Å². The number of carbonyl (C=O) groups is 2. The van der Waals surface area contributed by atoms with E-state index >= 15 is 0 Å². The molecule has 1 saturated heterocycles. The number of ether oxygens (including phenoxy) is 1. The Balaban J connectivity index is 1.12. The highest BCUT2D eigenvalue weighted by Crippen LogP contribution is 2.22. The molecule has 6 rings (SSSR count). The lowest BCUT2D eigenvalue weighted by atomic mass is 10.2. The molecule has 6 heterocycles. The third-order valence-corrected chi connectivity index (χ3v) is 7.25. The number of carboxylic acid groups (broad SMARTS) is 1. The largest absolute Gasteiger partial charge is 0.465 e. The Morgan fingerprint density at radius 1 is 1.05 bits per heavy atom. The lowest BCUT2D eigenvalue weighted by molar-refractivity contribution is -0.0185. The molecule has 0 radical (unpaired) electrons. The second-order valence-corrected chi connectivity index (χ2v) is 10.3. The quantitative estimate of drug-likeness (QED) is 0.431. The smallest absolute Gasteiger partial charge is 0.412 e. The fourth-order valence-corrected chi connectivity index (χ4v) is 5.00. The minimum atomic E-state index is -1.02. The van der Waals surface area contributed by atoms with Crippen LogP contribution in [0.3, 0.4) is 0 Å². The van der Waals surface area contributed by atoms with Gasteiger partial charge in [0.2, 0.25) is 11.7 Å². The number of rotatable bonds is 2. The standard InChI is InChI=1S/C28H25ClN10O4/c1-19-3-2-4-21(31-19)5-8-24-34-39(26-17-35(27(40)41)11-14-38(24)26)18-43-28(42)36-12-13-37-23(32-33-25(37)16-36)7-6-22-15-20(29)9-10-30-22/h2-4,9-10,15,26H,11-14,16-18H2,1H3,(H,40,41). The molecule has 1 fully saturated rings. The van der Waals surface area contributed by atoms with E-state index in [1.54, 1.807) is 29.4 Å². The lowest BCUT2D eigenvalue weighted by Crippen LogP contribution is -2.58. The molecule has 2 amide bonds. The minimum absolute atomic E-state index is 0.158. The van der Waals surface area contributed by atoms with Gasteiger partial charge < -0.3 is 24.2 Å². The maximum atomic E-state index is 13.0. The first-order valence-corrected chi connectivity index (χ1v) is 13.7. The monoisotopic (exact) mass is 600 g/mol. The molecule has 14 nitrogen and oxygen atoms in total. The Labute approximate surface area is 251 Å². The third kappa shape index (κ3) is 6.14. The van der Waals surface area contributed by atoms with Crippen molar-refractivity contribution in [3.63, 3.8) is 0 Å². The highest BCUT2D eigenvalue weighted by atomic mass is 35.5. The van der Waals surface area contributed by atoms with Gasteiger partial charge >= 0.3 is 12.2 Å². The zero-order valence-electron chi connectivity index (χ0n) is 23.0. The van der Waals surface area contributed by atoms with Gasteiger partial charge in [-0.15, -0.1) is 15.3 Å². The van der Waals surface area contributed by atoms with E-state index in [2.05, 4.69) is 48.9 Å². The van der Waals surface area contributed by atoms with Crippen LogP contribution in [0.5, 0.6) is 0 Å². The Morgan fingerprint density at radius 3 is 2.70 bits per heavy atom. The van der Waals surface area contributed by atoms with Crippen LogP contribution in [0, 0.1) is 30.6 Å². The third-order valence-electron chi connectivity index (χ3n) is 7.01. The van der Waals surface area contributed by atoms with Gasteiger partial charge in [-0.1, -0.05) is 17.7 Å². The van der Waals surface area contributed by atoms with Gasteiger partial charge in [0.25, 0.3) is 0 Å². The molecule has 3 aromatic rings. The van der Waals surface area contributed by atoms with Gasteiger partial charge in [0, 0.05) is 43.1 Å². The maximum Gasteiger partial charge on any atom is 0.412 e. The zero-order valence-corrected chi connectivity index (χ0v) is 23.8. The van der Waals surface area contributed by atoms with E-state index in [-0.39, 0.29) is 19.8 Å². The summed E-state index contributed by atoms with van der Waals surface area (Å²) < 4.78 is 7.47. The number of amides is 2. The van der Waals surface area contributed by atoms with E-state index in [9.17, 15) is 14.7 Å². The Bertz CT molecular complexity index is 1740. The number of pyridine rings is 2. The van der Waals surface area contributed by atoms with Crippen molar-refractivity contribution < 1.29 is 19.4 Å². The Morgan fingerprint density at radius 2 is 1.88 bits per heavy atom. The zero-order chi connectivity index (χ0) is 29.9. The lowest BCUT2D eigenvalue weighted by Gasteiger charge is -2.39. The molecule has 3 aliphatic heterocycles. The highest BCUT2D eigenvalue weighted by Gasteiger charge is 2.40. The van der Waals surface area contributed by atoms with Gasteiger partial charge in [0.05, 0.1) is 13.1 Å². The number of hydrazone groups is 1. The molecule has 43 heavy (non-hydrogen) atoms. The van der Waals surface area contributed by atoms with E-state index in [1.807, 2.05) is 28.5 Å². The number of carbonyl (C=O) groups excluding carboxylic acids is 1. The second kappa shape index (κ2) is 11.9. The number of hydrogen-bond acceptors (Lipinski definition) is 10. The van der Waals surface area contributed by atoms with Crippen LogP contribution >= 0.6 is 11.6 Å². The van der Waals surface area contributed by atoms with Crippen LogP contribution in [0.1, 0.15) is 28.7 Å². The number of amidine groups is 1. The molecule has 1 atom stereocenters. The molecule has 15 heteroatoms. The molecule has 1 unspecified atom stereocenters. The maximum absolute atomic E-state index is 13.0. The summed E-state index contributed by atoms with van der Waals surface area (Å²) in [6.07, 6.45) is -0.466. The summed E-state index contributed by atoms with van der Waals surface area (Å²) in [7, 11) is 0. The van der Waals surface area contributed by atoms with Crippen LogP contribution in [0.4, 0.5) is 9.59 Å². The Kier molecular flexibility index (Phi) is 7.68. The van der Waals surface area contributed by atoms with E-state index in [0.717, 1.165) is 5.69 Å². The number of piperazine rings is 1. The van der Waals surface area contributed by atoms with Crippen LogP contribution in [-0.4, -0.2) is 107 Å². The van der Waals surface area contributed by atoms with Gasteiger partial charge in [-0.2, -0.15) is 0 Å². The van der Waals surface area contributed by atoms with Crippen LogP contribution in [-0.2, 0) is 17.8 Å². The number of halogens is 1. The summed E-state index contributed by atoms with van der Waals surface area (Å²) in [6, 6.07) is 8.89. The van der Waals surface area contributed by atoms with Gasteiger partial charge in [-0.05, 0) is 54.9 Å². The topological polar surface area (TPSA) is 145 Å². The average Bonchev–Trinajstić information content (AvgIpc) is 3.58. The van der Waals surface area contributed by atoms with E-state index in [4.69, 9.17) is 16.3 Å². The van der Waals surface area contributed by atoms with Crippen molar-refractivity contribution in [2.24, 2.45) is 5.10 Å². The second-order valence-electron chi connectivity index (χ2n) is 9.84. The molecular formula is C28H25ClN10O4. The fraction of sp³-hybridized carbons (Fsp3) is 0.321. The number of nitrogens with zero attached hydrogens (tertiary/aromatic N) is 10. The Hall–Kier alpha value is -5.34. The van der Waals surface area contributed by atoms with Crippen molar-refractivity contribution >= 4 is 29.6 Å². The highest BCUT2D eigenvalue weighted by molar-refractivity contribution is 6.30. The first-order valence-electron chi connectivity index (χ1n) is 13.4. The van der Waals surface area contributed by atoms with Crippen molar-refractivity contribution in [3.8, 4) is 23.7 Å². The van der Waals surface area contributed by atoms with Crippen molar-refractivity contribution in [1.82, 2.24) is 44.4 Å². The van der Waals surface area contributed by atoms with Crippen LogP contribution in [0.2, 0.25) is 5.02 Å². The normalized spacial score (nSPS) is 17.2. The number of fused-ring (bicyclic) bond motifs is 2. The van der Waals surface area contributed by atoms with Gasteiger partial charge in [0.1, 0.15) is 17.6 Å². The SMILES string of the molecule is Cc1cccc(C#CC2=NN(COC(=O)N3CCn4c(C#Cc5cc(Cl)ccn5)nnc4C3)C3CN(C(=O)O)CCN23)n1. The molecule has 3 aromatic heterocycles. The fourth-order valence-electron chi connectivity index (χ4n) is 4.84. The summed E-state index contributed by atoms with van der Waals surface area (Å²) in [5.74, 6) is 13.5. The minimum Gasteiger partial charge on any atom is -0.465 e. The van der Waals surface area contributed by atoms with E-state index in [0.29, 0.717) is 60.1 Å². The summed E-state index contributed by atoms with van der Waals surface area (Å²) in [5.41, 5.74) is 1.96. The predicted octanol–water partition coefficient (Wildman–Crippen LogP) is 1.64. The van der Waals surface area contributed by atoms with Crippen LogP contribution in [0.25, 0.3) is 0 Å². The molecular weight excluding hydrogens is 576 g/mol. The molecule has 0 spiro atoms. The van der Waals surface area contributed by atoms with E-state index in [1.165, 1.54) is 9.80 Å². The van der Waals surface area contributed by atoms with Gasteiger partial charge in [-0.3, -0.25) is 4.90 Å². The molecule has 0 saturated carbocycles. The van der Waals surface area contributed by atoms with Crippen molar-refractivity contribution in [1.29, 1.82) is 0 Å². The molecule has 0 aliphatic carbocycles. The van der Waals surface area contributed by atoms with Crippen molar-refractivity contribution in [2.75, 3.05) is 32.9 Å². The summed E-state index contributed by atoms with van der Waals surface area (Å²) >= 11 is 6.00. The summed E-state index contributed by atoms with van der Waals surface area (Å²) in [6.45, 7) is 3.54. The van der Waals surface area contributed by atoms with Gasteiger partial charge in [0.15, 0.2) is 12.6 Å². The number of aromatic nitrogens is 5. The average molecular weight is 601 g/mol. The van der Waals surface area contributed by atoms with E-state index < -0.39 is 18.4 Å². The van der Waals surface area contributed by atoms with Crippen LogP contribution in [0.15, 0.2) is 41.6 Å². The summed E-state index contributed by atoms with van der Waals surface area (Å²) in [4.78, 5) is 38.0. The molecule has 218 valence electrons. The summed E-state index contributed by atoms with van der Waals surface area (Å²) in [5, 5.41) is 24.6. The van der Waals surface area contributed by atoms with Crippen molar-refractivity contribution in [2.45, 2.75) is 26.2 Å². The van der Waals surface area contributed by atoms with Crippen molar-refractivity contribution in [3.05, 3.63) is 70.3 Å². The van der Waals surface area contributed by atoms with Crippen LogP contribution < -0.4 is 0 Å². The molecule has 1 N–H and O–H groups in total. The molecule has 0 aromatic carbocycles. The molecule has 3 aliphatic rings. The molecule has 0 bridgehead atoms.